The molecule has 0 heterocycles. The molecule has 0 aromatic heterocycles. The molecule has 3 aromatic carbocycles. The first kappa shape index (κ1) is 13.9. The highest BCUT2D eigenvalue weighted by Gasteiger charge is 2.20. The van der Waals surface area contributed by atoms with Crippen molar-refractivity contribution in [2.24, 2.45) is 0 Å². The lowest BCUT2D eigenvalue weighted by molar-refractivity contribution is 0.463. The standard InChI is InChI=1S/C19H15BrO/c20-17-13-7-12-16(19(17)21)18(14-8-3-1-4-9-14)15-10-5-2-6-11-15/h1-13,18,21H. The molecule has 0 aliphatic rings. The number of aromatic hydroxyl groups is 1. The van der Waals surface area contributed by atoms with Crippen molar-refractivity contribution in [3.63, 3.8) is 0 Å². The van der Waals surface area contributed by atoms with E-state index in [0.29, 0.717) is 5.75 Å². The number of para-hydroxylation sites is 1. The van der Waals surface area contributed by atoms with E-state index in [1.54, 1.807) is 0 Å². The Balaban J connectivity index is 2.20. The van der Waals surface area contributed by atoms with Gasteiger partial charge in [0.1, 0.15) is 5.75 Å². The second kappa shape index (κ2) is 6.15. The maximum absolute atomic E-state index is 10.4. The van der Waals surface area contributed by atoms with Crippen LogP contribution in [0, 0.1) is 0 Å². The Morgan fingerprint density at radius 3 is 1.71 bits per heavy atom. The minimum atomic E-state index is 0.0184. The fraction of sp³-hybridized carbons (Fsp3) is 0.0526. The maximum Gasteiger partial charge on any atom is 0.133 e. The molecule has 2 heteroatoms. The van der Waals surface area contributed by atoms with Crippen LogP contribution in [0.1, 0.15) is 22.6 Å². The molecule has 0 atom stereocenters. The summed E-state index contributed by atoms with van der Waals surface area (Å²) in [5.74, 6) is 0.320. The second-order valence-electron chi connectivity index (χ2n) is 4.93. The van der Waals surface area contributed by atoms with Gasteiger partial charge in [0.05, 0.1) is 4.47 Å². The molecule has 0 spiro atoms. The van der Waals surface area contributed by atoms with Crippen LogP contribution in [0.5, 0.6) is 5.75 Å². The summed E-state index contributed by atoms with van der Waals surface area (Å²) in [7, 11) is 0. The van der Waals surface area contributed by atoms with Gasteiger partial charge in [0.25, 0.3) is 0 Å². The van der Waals surface area contributed by atoms with Gasteiger partial charge >= 0.3 is 0 Å². The molecule has 0 saturated heterocycles. The third-order valence-corrected chi connectivity index (χ3v) is 4.23. The Labute approximate surface area is 133 Å². The summed E-state index contributed by atoms with van der Waals surface area (Å²) in [5.41, 5.74) is 3.23. The van der Waals surface area contributed by atoms with E-state index in [1.807, 2.05) is 54.6 Å². The zero-order chi connectivity index (χ0) is 14.7. The first-order chi connectivity index (χ1) is 10.3. The number of benzene rings is 3. The van der Waals surface area contributed by atoms with Crippen LogP contribution in [0.15, 0.2) is 83.3 Å². The number of phenols is 1. The quantitative estimate of drug-likeness (QED) is 0.639. The van der Waals surface area contributed by atoms with Gasteiger partial charge < -0.3 is 5.11 Å². The SMILES string of the molecule is Oc1c(Br)cccc1C(c1ccccc1)c1ccccc1. The van der Waals surface area contributed by atoms with Crippen LogP contribution in [0.3, 0.4) is 0 Å². The maximum atomic E-state index is 10.4. The van der Waals surface area contributed by atoms with Crippen LogP contribution in [0.4, 0.5) is 0 Å². The number of hydrogen-bond donors (Lipinski definition) is 1. The van der Waals surface area contributed by atoms with Gasteiger partial charge in [-0.15, -0.1) is 0 Å². The molecular weight excluding hydrogens is 324 g/mol. The Bertz CT molecular complexity index is 684. The van der Waals surface area contributed by atoms with Crippen molar-refractivity contribution in [2.45, 2.75) is 5.92 Å². The molecule has 3 rings (SSSR count). The molecule has 3 aromatic rings. The Kier molecular flexibility index (Phi) is 4.07. The molecule has 0 aliphatic carbocycles. The van der Waals surface area contributed by atoms with Crippen molar-refractivity contribution < 1.29 is 5.11 Å². The summed E-state index contributed by atoms with van der Waals surface area (Å²) in [6, 6.07) is 26.3. The Morgan fingerprint density at radius 2 is 1.19 bits per heavy atom. The van der Waals surface area contributed by atoms with Crippen molar-refractivity contribution in [1.82, 2.24) is 0 Å². The third kappa shape index (κ3) is 2.86. The van der Waals surface area contributed by atoms with Gasteiger partial charge in [0, 0.05) is 11.5 Å². The molecule has 0 bridgehead atoms. The lowest BCUT2D eigenvalue weighted by atomic mass is 9.85. The van der Waals surface area contributed by atoms with Crippen LogP contribution in [0.2, 0.25) is 0 Å². The fourth-order valence-electron chi connectivity index (χ4n) is 2.61. The van der Waals surface area contributed by atoms with Gasteiger partial charge in [0.2, 0.25) is 0 Å². The average molecular weight is 339 g/mol. The molecule has 0 radical (unpaired) electrons. The van der Waals surface area contributed by atoms with Gasteiger partial charge in [-0.1, -0.05) is 72.8 Å². The summed E-state index contributed by atoms with van der Waals surface area (Å²) in [6.45, 7) is 0. The molecule has 21 heavy (non-hydrogen) atoms. The van der Waals surface area contributed by atoms with Crippen molar-refractivity contribution in [3.8, 4) is 5.75 Å². The van der Waals surface area contributed by atoms with Gasteiger partial charge in [-0.2, -0.15) is 0 Å². The molecular formula is C19H15BrO. The molecule has 0 unspecified atom stereocenters. The highest BCUT2D eigenvalue weighted by atomic mass is 79.9. The third-order valence-electron chi connectivity index (χ3n) is 3.59. The number of rotatable bonds is 3. The van der Waals surface area contributed by atoms with Gasteiger partial charge in [-0.05, 0) is 33.1 Å². The fourth-order valence-corrected chi connectivity index (χ4v) is 2.99. The molecule has 1 N–H and O–H groups in total. The summed E-state index contributed by atoms with van der Waals surface area (Å²) >= 11 is 3.41. The van der Waals surface area contributed by atoms with Gasteiger partial charge in [0.15, 0.2) is 0 Å². The average Bonchev–Trinajstić information content (AvgIpc) is 2.54. The van der Waals surface area contributed by atoms with Crippen molar-refractivity contribution in [2.75, 3.05) is 0 Å². The summed E-state index contributed by atoms with van der Waals surface area (Å²) < 4.78 is 0.719. The van der Waals surface area contributed by atoms with E-state index in [1.165, 1.54) is 0 Å². The van der Waals surface area contributed by atoms with Crippen molar-refractivity contribution in [3.05, 3.63) is 100 Å². The smallest absolute Gasteiger partial charge is 0.133 e. The van der Waals surface area contributed by atoms with Gasteiger partial charge in [-0.25, -0.2) is 0 Å². The predicted octanol–water partition coefficient (Wildman–Crippen LogP) is 5.33. The molecule has 0 aliphatic heterocycles. The summed E-state index contributed by atoms with van der Waals surface area (Å²) in [4.78, 5) is 0. The Hall–Kier alpha value is -2.06. The summed E-state index contributed by atoms with van der Waals surface area (Å²) in [6.07, 6.45) is 0. The second-order valence-corrected chi connectivity index (χ2v) is 5.79. The van der Waals surface area contributed by atoms with Crippen LogP contribution in [-0.4, -0.2) is 5.11 Å². The highest BCUT2D eigenvalue weighted by molar-refractivity contribution is 9.10. The minimum Gasteiger partial charge on any atom is -0.506 e. The van der Waals surface area contributed by atoms with Crippen LogP contribution in [-0.2, 0) is 0 Å². The van der Waals surface area contributed by atoms with E-state index >= 15 is 0 Å². The largest absolute Gasteiger partial charge is 0.506 e. The lowest BCUT2D eigenvalue weighted by Gasteiger charge is -2.20. The van der Waals surface area contributed by atoms with Crippen molar-refractivity contribution in [1.29, 1.82) is 0 Å². The van der Waals surface area contributed by atoms with E-state index in [0.717, 1.165) is 21.2 Å². The predicted molar refractivity (Wildman–Crippen MR) is 89.6 cm³/mol. The number of halogens is 1. The topological polar surface area (TPSA) is 20.2 Å². The molecule has 0 amide bonds. The number of phenolic OH excluding ortho intramolecular Hbond substituents is 1. The highest BCUT2D eigenvalue weighted by Crippen LogP contribution is 2.39. The normalized spacial score (nSPS) is 10.8. The first-order valence-electron chi connectivity index (χ1n) is 6.84. The molecule has 104 valence electrons. The van der Waals surface area contributed by atoms with Crippen molar-refractivity contribution >= 4 is 15.9 Å². The van der Waals surface area contributed by atoms with Crippen LogP contribution < -0.4 is 0 Å². The molecule has 0 saturated carbocycles. The van der Waals surface area contributed by atoms with E-state index in [4.69, 9.17) is 0 Å². The van der Waals surface area contributed by atoms with Crippen LogP contribution >= 0.6 is 15.9 Å². The van der Waals surface area contributed by atoms with Gasteiger partial charge in [-0.3, -0.25) is 0 Å². The van der Waals surface area contributed by atoms with E-state index in [2.05, 4.69) is 40.2 Å². The van der Waals surface area contributed by atoms with E-state index in [-0.39, 0.29) is 5.92 Å². The monoisotopic (exact) mass is 338 g/mol. The Morgan fingerprint density at radius 1 is 0.667 bits per heavy atom. The number of hydrogen-bond acceptors (Lipinski definition) is 1. The molecule has 1 nitrogen and oxygen atoms in total. The first-order valence-corrected chi connectivity index (χ1v) is 7.64. The van der Waals surface area contributed by atoms with E-state index in [9.17, 15) is 5.11 Å². The van der Waals surface area contributed by atoms with Crippen LogP contribution in [0.25, 0.3) is 0 Å². The minimum absolute atomic E-state index is 0.0184. The summed E-state index contributed by atoms with van der Waals surface area (Å²) in [5, 5.41) is 10.4. The molecule has 0 fully saturated rings. The van der Waals surface area contributed by atoms with E-state index < -0.39 is 0 Å². The lowest BCUT2D eigenvalue weighted by Crippen LogP contribution is -2.03. The zero-order valence-corrected chi connectivity index (χ0v) is 13.0. The zero-order valence-electron chi connectivity index (χ0n) is 11.4.